The lowest BCUT2D eigenvalue weighted by molar-refractivity contribution is 0.0658. The molecule has 0 heterocycles. The number of thiocarbonyl (C=S) groups is 1. The lowest BCUT2D eigenvalue weighted by atomic mass is 9.56. The van der Waals surface area contributed by atoms with Crippen LogP contribution in [0.3, 0.4) is 0 Å². The molecule has 1 aromatic carbocycles. The summed E-state index contributed by atoms with van der Waals surface area (Å²) in [6.07, 6.45) is 9.80. The van der Waals surface area contributed by atoms with Crippen LogP contribution in [0.1, 0.15) is 80.2 Å². The van der Waals surface area contributed by atoms with Gasteiger partial charge in [-0.2, -0.15) is 17.0 Å². The first-order valence-electron chi connectivity index (χ1n) is 13.3. The van der Waals surface area contributed by atoms with Gasteiger partial charge in [0.1, 0.15) is 0 Å². The van der Waals surface area contributed by atoms with Crippen LogP contribution in [0.2, 0.25) is 0 Å². The molecule has 0 aliphatic rings. The van der Waals surface area contributed by atoms with E-state index in [0.29, 0.717) is 12.5 Å². The van der Waals surface area contributed by atoms with Gasteiger partial charge in [-0.3, -0.25) is 0 Å². The third-order valence-corrected chi connectivity index (χ3v) is 9.81. The maximum Gasteiger partial charge on any atom is 0.0760 e. The van der Waals surface area contributed by atoms with E-state index in [-0.39, 0.29) is 15.6 Å². The fraction of sp³-hybridized carbons (Fsp3) is 0.576. The van der Waals surface area contributed by atoms with Gasteiger partial charge in [-0.05, 0) is 63.2 Å². The molecule has 38 heavy (non-hydrogen) atoms. The third-order valence-electron chi connectivity index (χ3n) is 8.07. The van der Waals surface area contributed by atoms with Crippen molar-refractivity contribution in [1.29, 1.82) is 5.26 Å². The highest BCUT2D eigenvalue weighted by Crippen LogP contribution is 2.56. The molecule has 210 valence electrons. The second-order valence-corrected chi connectivity index (χ2v) is 13.7. The molecule has 5 heteroatoms. The smallest absolute Gasteiger partial charge is 0.0760 e. The van der Waals surface area contributed by atoms with Crippen LogP contribution in [-0.2, 0) is 0 Å². The molecule has 0 saturated heterocycles. The summed E-state index contributed by atoms with van der Waals surface area (Å²) in [5.74, 6) is 3.11. The number of hydrogen-bond donors (Lipinski definition) is 2. The van der Waals surface area contributed by atoms with Crippen LogP contribution < -0.4 is 10.6 Å². The first-order valence-corrected chi connectivity index (χ1v) is 15.0. The van der Waals surface area contributed by atoms with Gasteiger partial charge in [0.25, 0.3) is 0 Å². The molecule has 0 bridgehead atoms. The molecule has 0 fully saturated rings. The molecule has 2 atom stereocenters. The van der Waals surface area contributed by atoms with Crippen LogP contribution >= 0.6 is 24.0 Å². The van der Waals surface area contributed by atoms with E-state index in [9.17, 15) is 5.26 Å². The summed E-state index contributed by atoms with van der Waals surface area (Å²) >= 11 is 6.55. The minimum atomic E-state index is -0.512. The molecule has 0 amide bonds. The van der Waals surface area contributed by atoms with Crippen molar-refractivity contribution in [1.82, 2.24) is 10.6 Å². The van der Waals surface area contributed by atoms with Gasteiger partial charge in [0.05, 0.1) is 18.0 Å². The molecule has 2 unspecified atom stereocenters. The number of nitrogens with one attached hydrogen (secondary N) is 2. The van der Waals surface area contributed by atoms with Gasteiger partial charge >= 0.3 is 0 Å². The van der Waals surface area contributed by atoms with Crippen molar-refractivity contribution in [2.45, 2.75) is 79.4 Å². The minimum Gasteiger partial charge on any atom is -0.388 e. The summed E-state index contributed by atoms with van der Waals surface area (Å²) in [6, 6.07) is 12.5. The van der Waals surface area contributed by atoms with Crippen LogP contribution in [-0.4, -0.2) is 29.5 Å². The van der Waals surface area contributed by atoms with Crippen LogP contribution in [0.25, 0.3) is 0 Å². The maximum atomic E-state index is 10.2. The minimum absolute atomic E-state index is 0.0420. The van der Waals surface area contributed by atoms with E-state index in [4.69, 9.17) is 18.6 Å². The number of allylic oxidation sites excluding steroid dienone is 2. The summed E-state index contributed by atoms with van der Waals surface area (Å²) in [5.41, 5.74) is 2.11. The molecular formula is C33H51N3S2. The van der Waals surface area contributed by atoms with Crippen molar-refractivity contribution in [3.63, 3.8) is 0 Å². The Labute approximate surface area is 244 Å². The van der Waals surface area contributed by atoms with Crippen molar-refractivity contribution >= 4 is 29.3 Å². The predicted octanol–water partition coefficient (Wildman–Crippen LogP) is 8.39. The van der Waals surface area contributed by atoms with E-state index in [1.165, 1.54) is 0 Å². The van der Waals surface area contributed by atoms with Gasteiger partial charge in [0.2, 0.25) is 0 Å². The monoisotopic (exact) mass is 553 g/mol. The van der Waals surface area contributed by atoms with Gasteiger partial charge < -0.3 is 10.6 Å². The van der Waals surface area contributed by atoms with Crippen LogP contribution in [0, 0.1) is 45.8 Å². The largest absolute Gasteiger partial charge is 0.388 e. The molecule has 2 N–H and O–H groups in total. The summed E-state index contributed by atoms with van der Waals surface area (Å²) in [6.45, 7) is 27.7. The number of hydrogen-bond acceptors (Lipinski definition) is 5. The molecule has 0 spiro atoms. The van der Waals surface area contributed by atoms with Crippen LogP contribution in [0.4, 0.5) is 0 Å². The van der Waals surface area contributed by atoms with E-state index >= 15 is 0 Å². The Kier molecular flexibility index (Phi) is 15.1. The SMILES string of the molecule is C#CCNC(=C)CCC(C)(C#N)C(C)(C)CC(C)(C(=C)NCC(C)C)C(C)(C)SC.S=Cc1ccccc1. The van der Waals surface area contributed by atoms with Gasteiger partial charge in [-0.15, -0.1) is 6.42 Å². The van der Waals surface area contributed by atoms with E-state index in [0.717, 1.165) is 42.8 Å². The Morgan fingerprint density at radius 3 is 2.11 bits per heavy atom. The summed E-state index contributed by atoms with van der Waals surface area (Å²) < 4.78 is -0.0420. The highest BCUT2D eigenvalue weighted by atomic mass is 32.2. The third kappa shape index (κ3) is 10.5. The van der Waals surface area contributed by atoms with Crippen LogP contribution in [0.15, 0.2) is 54.9 Å². The topological polar surface area (TPSA) is 47.9 Å². The zero-order chi connectivity index (χ0) is 29.6. The second kappa shape index (κ2) is 16.0. The van der Waals surface area contributed by atoms with Crippen molar-refractivity contribution in [2.75, 3.05) is 19.3 Å². The highest BCUT2D eigenvalue weighted by Gasteiger charge is 2.51. The Balaban J connectivity index is 0.00000144. The quantitative estimate of drug-likeness (QED) is 0.169. The summed E-state index contributed by atoms with van der Waals surface area (Å²) in [7, 11) is 0. The molecule has 3 nitrogen and oxygen atoms in total. The highest BCUT2D eigenvalue weighted by molar-refractivity contribution is 8.00. The van der Waals surface area contributed by atoms with Gasteiger partial charge in [-0.25, -0.2) is 0 Å². The molecule has 0 aliphatic carbocycles. The van der Waals surface area contributed by atoms with Crippen molar-refractivity contribution in [3.05, 3.63) is 60.4 Å². The molecule has 0 aliphatic heterocycles. The Morgan fingerprint density at radius 1 is 1.11 bits per heavy atom. The first-order chi connectivity index (χ1) is 17.6. The molecule has 1 rings (SSSR count). The van der Waals surface area contributed by atoms with E-state index in [1.807, 2.05) is 42.1 Å². The number of benzene rings is 1. The van der Waals surface area contributed by atoms with Crippen molar-refractivity contribution < 1.29 is 0 Å². The van der Waals surface area contributed by atoms with Gasteiger partial charge in [0, 0.05) is 33.5 Å². The van der Waals surface area contributed by atoms with E-state index in [1.54, 1.807) is 5.37 Å². The first kappa shape index (κ1) is 35.8. The van der Waals surface area contributed by atoms with Crippen molar-refractivity contribution in [2.24, 2.45) is 22.2 Å². The van der Waals surface area contributed by atoms with E-state index < -0.39 is 5.41 Å². The fourth-order valence-corrected chi connectivity index (χ4v) is 5.06. The number of thioether (sulfide) groups is 1. The molecule has 0 saturated carbocycles. The Morgan fingerprint density at radius 2 is 1.68 bits per heavy atom. The maximum absolute atomic E-state index is 10.2. The van der Waals surface area contributed by atoms with Gasteiger partial charge in [-0.1, -0.05) is 96.2 Å². The Hall–Kier alpha value is -2.21. The van der Waals surface area contributed by atoms with Gasteiger partial charge in [0.15, 0.2) is 0 Å². The van der Waals surface area contributed by atoms with Crippen LogP contribution in [0.5, 0.6) is 0 Å². The summed E-state index contributed by atoms with van der Waals surface area (Å²) in [4.78, 5) is 0. The van der Waals surface area contributed by atoms with Crippen molar-refractivity contribution in [3.8, 4) is 18.4 Å². The predicted molar refractivity (Wildman–Crippen MR) is 174 cm³/mol. The van der Waals surface area contributed by atoms with E-state index in [2.05, 4.69) is 97.4 Å². The molecule has 0 aromatic heterocycles. The average Bonchev–Trinajstić information content (AvgIpc) is 2.89. The molecule has 0 radical (unpaired) electrons. The fourth-order valence-electron chi connectivity index (χ4n) is 4.25. The lowest BCUT2D eigenvalue weighted by Crippen LogP contribution is -2.49. The molecule has 1 aromatic rings. The second-order valence-electron chi connectivity index (χ2n) is 12.0. The average molecular weight is 554 g/mol. The number of nitriles is 1. The normalized spacial score (nSPS) is 14.4. The number of nitrogens with zero attached hydrogens (tertiary/aromatic N) is 1. The molecular weight excluding hydrogens is 503 g/mol. The standard InChI is InChI=1S/C26H45N3S.C7H6S/c1-13-16-28-21(4)14-15-25(10,19-27)23(6,7)18-26(11,24(8,9)30-12)22(5)29-17-20(2)3;8-6-7-4-2-1-3-5-7/h1,20,28-29H,4-5,14-18H2,2-3,6-12H3;1-6H. The zero-order valence-electron chi connectivity index (χ0n) is 25.3. The number of terminal acetylenes is 1. The number of rotatable bonds is 15. The summed E-state index contributed by atoms with van der Waals surface area (Å²) in [5, 5.41) is 18.6. The zero-order valence-corrected chi connectivity index (χ0v) is 27.0. The Bertz CT molecular complexity index is 982. The lowest BCUT2D eigenvalue weighted by Gasteiger charge is -2.52.